The Balaban J connectivity index is 1.63. The van der Waals surface area contributed by atoms with Crippen LogP contribution in [-0.2, 0) is 17.1 Å². The maximum Gasteiger partial charge on any atom is 0.416 e. The molecule has 1 heterocycles. The molecule has 0 unspecified atom stereocenters. The lowest BCUT2D eigenvalue weighted by molar-refractivity contribution is -0.143. The van der Waals surface area contributed by atoms with Gasteiger partial charge in [0.15, 0.2) is 0 Å². The first-order valence-electron chi connectivity index (χ1n) is 13.6. The second-order valence-corrected chi connectivity index (χ2v) is 11.5. The quantitative estimate of drug-likeness (QED) is 0.279. The molecule has 1 aliphatic heterocycles. The van der Waals surface area contributed by atoms with Crippen LogP contribution in [0.5, 0.6) is 0 Å². The molecule has 3 atom stereocenters. The molecule has 1 fully saturated rings. The van der Waals surface area contributed by atoms with Crippen molar-refractivity contribution in [2.24, 2.45) is 0 Å². The molecule has 0 spiro atoms. The van der Waals surface area contributed by atoms with Gasteiger partial charge in [-0.25, -0.2) is 0 Å². The summed E-state index contributed by atoms with van der Waals surface area (Å²) >= 11 is 12.3. The highest BCUT2D eigenvalue weighted by molar-refractivity contribution is 6.42. The van der Waals surface area contributed by atoms with E-state index in [4.69, 9.17) is 23.2 Å². The summed E-state index contributed by atoms with van der Waals surface area (Å²) in [6.45, 7) is 1.60. The van der Waals surface area contributed by atoms with Crippen molar-refractivity contribution in [2.45, 2.75) is 43.7 Å². The molecule has 3 amide bonds. The van der Waals surface area contributed by atoms with E-state index in [0.29, 0.717) is 23.3 Å². The van der Waals surface area contributed by atoms with Crippen molar-refractivity contribution in [3.8, 4) is 0 Å². The van der Waals surface area contributed by atoms with Gasteiger partial charge in [-0.1, -0.05) is 47.5 Å². The molecule has 14 heteroatoms. The Morgan fingerprint density at radius 1 is 0.867 bits per heavy atom. The van der Waals surface area contributed by atoms with Crippen molar-refractivity contribution in [2.75, 3.05) is 20.1 Å². The molecule has 3 aromatic rings. The number of rotatable bonds is 6. The third-order valence-corrected chi connectivity index (χ3v) is 8.41. The number of piperidine rings is 1. The first-order valence-corrected chi connectivity index (χ1v) is 14.4. The molecule has 0 radical (unpaired) electrons. The summed E-state index contributed by atoms with van der Waals surface area (Å²) in [5.41, 5.74) is -3.12. The number of nitrogens with one attached hydrogen (secondary N) is 1. The smallest absolute Gasteiger partial charge is 0.341 e. The van der Waals surface area contributed by atoms with E-state index in [0.717, 1.165) is 4.90 Å². The van der Waals surface area contributed by atoms with Gasteiger partial charge in [-0.05, 0) is 61.4 Å². The molecule has 240 valence electrons. The number of hydrogen-bond acceptors (Lipinski definition) is 3. The van der Waals surface area contributed by atoms with Gasteiger partial charge >= 0.3 is 12.4 Å². The zero-order valence-electron chi connectivity index (χ0n) is 23.8. The number of benzene rings is 3. The Labute approximate surface area is 264 Å². The van der Waals surface area contributed by atoms with Gasteiger partial charge in [-0.3, -0.25) is 14.4 Å². The summed E-state index contributed by atoms with van der Waals surface area (Å²) < 4.78 is 80.9. The molecule has 0 aliphatic carbocycles. The van der Waals surface area contributed by atoms with Crippen LogP contribution in [-0.4, -0.2) is 59.7 Å². The van der Waals surface area contributed by atoms with Gasteiger partial charge in [0.1, 0.15) is 6.04 Å². The number of carbonyl (C=O) groups excluding carboxylic acids is 3. The molecule has 1 N–H and O–H groups in total. The topological polar surface area (TPSA) is 69.7 Å². The van der Waals surface area contributed by atoms with Gasteiger partial charge in [0.05, 0.1) is 21.2 Å². The third-order valence-electron chi connectivity index (χ3n) is 7.67. The number of likely N-dealkylation sites (tertiary alicyclic amines) is 1. The SMILES string of the molecule is C[C@H](NC(=O)c1ccccc1)C(=O)N1CC[C@@H](N(C)C(=O)c2cc(C(F)(F)F)cc(C(F)(F)F)c2)[C@H](c2ccc(Cl)c(Cl)c2)C1. The summed E-state index contributed by atoms with van der Waals surface area (Å²) in [7, 11) is 1.28. The van der Waals surface area contributed by atoms with Crippen LogP contribution in [0.1, 0.15) is 56.7 Å². The van der Waals surface area contributed by atoms with E-state index in [1.807, 2.05) is 0 Å². The predicted octanol–water partition coefficient (Wildman–Crippen LogP) is 7.31. The van der Waals surface area contributed by atoms with Crippen molar-refractivity contribution in [3.05, 3.63) is 105 Å². The Morgan fingerprint density at radius 3 is 2.02 bits per heavy atom. The van der Waals surface area contributed by atoms with Crippen LogP contribution >= 0.6 is 23.2 Å². The van der Waals surface area contributed by atoms with Crippen LogP contribution in [0.2, 0.25) is 10.0 Å². The summed E-state index contributed by atoms with van der Waals surface area (Å²) in [4.78, 5) is 42.1. The first-order chi connectivity index (χ1) is 21.0. The van der Waals surface area contributed by atoms with Gasteiger partial charge in [-0.2, -0.15) is 26.3 Å². The van der Waals surface area contributed by atoms with Crippen LogP contribution in [0.3, 0.4) is 0 Å². The van der Waals surface area contributed by atoms with Crippen LogP contribution < -0.4 is 5.32 Å². The Hall–Kier alpha value is -3.77. The van der Waals surface area contributed by atoms with Crippen LogP contribution in [0.4, 0.5) is 26.3 Å². The second kappa shape index (κ2) is 13.3. The van der Waals surface area contributed by atoms with E-state index in [2.05, 4.69) is 5.32 Å². The molecule has 1 aliphatic rings. The molecule has 6 nitrogen and oxygen atoms in total. The van der Waals surface area contributed by atoms with Gasteiger partial charge in [0.25, 0.3) is 11.8 Å². The number of nitrogens with zero attached hydrogens (tertiary/aromatic N) is 2. The van der Waals surface area contributed by atoms with E-state index in [1.54, 1.807) is 36.4 Å². The van der Waals surface area contributed by atoms with Crippen molar-refractivity contribution in [1.82, 2.24) is 15.1 Å². The standard InChI is InChI=1S/C31H27Cl2F6N3O3/c1-17(40-27(43)18-6-4-3-5-7-18)28(44)42-11-10-26(23(16-42)19-8-9-24(32)25(33)14-19)41(2)29(45)20-12-21(30(34,35)36)15-22(13-20)31(37,38)39/h3-9,12-15,17,23,26H,10-11,16H2,1-2H3,(H,40,43)/t17-,23-,26+/m0/s1. The second-order valence-electron chi connectivity index (χ2n) is 10.7. The third kappa shape index (κ3) is 7.91. The highest BCUT2D eigenvalue weighted by Gasteiger charge is 2.41. The maximum absolute atomic E-state index is 13.5. The normalized spacial score (nSPS) is 17.9. The summed E-state index contributed by atoms with van der Waals surface area (Å²) in [5, 5.41) is 3.05. The Kier molecular flexibility index (Phi) is 10.1. The van der Waals surface area contributed by atoms with Gasteiger partial charge in [-0.15, -0.1) is 0 Å². The van der Waals surface area contributed by atoms with E-state index in [-0.39, 0.29) is 35.6 Å². The fourth-order valence-corrected chi connectivity index (χ4v) is 5.62. The summed E-state index contributed by atoms with van der Waals surface area (Å²) in [5.74, 6) is -2.62. The van der Waals surface area contributed by atoms with Crippen molar-refractivity contribution < 1.29 is 40.7 Å². The molecule has 45 heavy (non-hydrogen) atoms. The van der Waals surface area contributed by atoms with E-state index in [9.17, 15) is 40.7 Å². The number of hydrogen-bond donors (Lipinski definition) is 1. The van der Waals surface area contributed by atoms with Crippen LogP contribution in [0.25, 0.3) is 0 Å². The van der Waals surface area contributed by atoms with Crippen molar-refractivity contribution >= 4 is 40.9 Å². The zero-order chi connectivity index (χ0) is 33.3. The number of carbonyl (C=O) groups is 3. The molecule has 0 bridgehead atoms. The lowest BCUT2D eigenvalue weighted by atomic mass is 9.84. The Bertz CT molecular complexity index is 1550. The fourth-order valence-electron chi connectivity index (χ4n) is 5.31. The highest BCUT2D eigenvalue weighted by Crippen LogP contribution is 2.38. The highest BCUT2D eigenvalue weighted by atomic mass is 35.5. The average Bonchev–Trinajstić information content (AvgIpc) is 3.00. The summed E-state index contributed by atoms with van der Waals surface area (Å²) in [6, 6.07) is 11.9. The van der Waals surface area contributed by atoms with Gasteiger partial charge in [0, 0.05) is 43.2 Å². The average molecular weight is 674 g/mol. The van der Waals surface area contributed by atoms with Crippen LogP contribution in [0.15, 0.2) is 66.7 Å². The maximum atomic E-state index is 13.5. The number of halogens is 8. The van der Waals surface area contributed by atoms with E-state index < -0.39 is 64.8 Å². The van der Waals surface area contributed by atoms with Crippen molar-refractivity contribution in [3.63, 3.8) is 0 Å². The molecule has 1 saturated heterocycles. The Morgan fingerprint density at radius 2 is 1.47 bits per heavy atom. The number of amides is 3. The molecule has 3 aromatic carbocycles. The molecular formula is C31H27Cl2F6N3O3. The van der Waals surface area contributed by atoms with Crippen molar-refractivity contribution in [1.29, 1.82) is 0 Å². The van der Waals surface area contributed by atoms with Gasteiger partial charge in [0.2, 0.25) is 5.91 Å². The molecule has 0 aromatic heterocycles. The molecular weight excluding hydrogens is 647 g/mol. The molecule has 4 rings (SSSR count). The number of alkyl halides is 6. The fraction of sp³-hybridized carbons (Fsp3) is 0.323. The first kappa shape index (κ1) is 34.1. The van der Waals surface area contributed by atoms with E-state index >= 15 is 0 Å². The minimum atomic E-state index is -5.13. The van der Waals surface area contributed by atoms with Crippen LogP contribution in [0, 0.1) is 0 Å². The minimum absolute atomic E-state index is 0.00101. The lowest BCUT2D eigenvalue weighted by Gasteiger charge is -2.43. The number of likely N-dealkylation sites (N-methyl/N-ethyl adjacent to an activating group) is 1. The summed E-state index contributed by atoms with van der Waals surface area (Å²) in [6.07, 6.45) is -10.1. The van der Waals surface area contributed by atoms with Gasteiger partial charge < -0.3 is 15.1 Å². The lowest BCUT2D eigenvalue weighted by Crippen LogP contribution is -2.55. The zero-order valence-corrected chi connectivity index (χ0v) is 25.4. The minimum Gasteiger partial charge on any atom is -0.341 e. The molecule has 0 saturated carbocycles. The monoisotopic (exact) mass is 673 g/mol. The largest absolute Gasteiger partial charge is 0.416 e. The predicted molar refractivity (Wildman–Crippen MR) is 156 cm³/mol. The van der Waals surface area contributed by atoms with E-state index in [1.165, 1.54) is 31.0 Å².